The van der Waals surface area contributed by atoms with Gasteiger partial charge in [0.2, 0.25) is 0 Å². The molecule has 0 fully saturated rings. The molecular weight excluding hydrogens is 312 g/mol. The van der Waals surface area contributed by atoms with E-state index in [2.05, 4.69) is 12.2 Å². The number of halogens is 2. The van der Waals surface area contributed by atoms with Crippen LogP contribution in [0, 0.1) is 11.6 Å². The maximum atomic E-state index is 13.0. The Morgan fingerprint density at radius 3 is 2.42 bits per heavy atom. The Bertz CT molecular complexity index is 692. The van der Waals surface area contributed by atoms with Crippen LogP contribution >= 0.6 is 0 Å². The molecule has 2 rings (SSSR count). The zero-order chi connectivity index (χ0) is 17.4. The number of unbranched alkanes of at least 4 members (excludes halogenated alkanes) is 1. The summed E-state index contributed by atoms with van der Waals surface area (Å²) in [5, 5.41) is 2.67. The molecule has 0 radical (unpaired) electrons. The summed E-state index contributed by atoms with van der Waals surface area (Å²) in [6.07, 6.45) is 4.69. The van der Waals surface area contributed by atoms with Crippen LogP contribution in [0.1, 0.15) is 30.1 Å². The van der Waals surface area contributed by atoms with E-state index >= 15 is 0 Å². The van der Waals surface area contributed by atoms with Crippen LogP contribution in [0.4, 0.5) is 14.5 Å². The number of benzene rings is 2. The summed E-state index contributed by atoms with van der Waals surface area (Å²) in [6.45, 7) is 2.74. The van der Waals surface area contributed by atoms with E-state index in [4.69, 9.17) is 4.74 Å². The lowest BCUT2D eigenvalue weighted by Gasteiger charge is -2.05. The lowest BCUT2D eigenvalue weighted by Crippen LogP contribution is -1.99. The highest BCUT2D eigenvalue weighted by atomic mass is 19.1. The van der Waals surface area contributed by atoms with E-state index in [1.165, 1.54) is 12.3 Å². The Morgan fingerprint density at radius 2 is 1.79 bits per heavy atom. The Morgan fingerprint density at radius 1 is 1.12 bits per heavy atom. The first kappa shape index (κ1) is 17.7. The van der Waals surface area contributed by atoms with Gasteiger partial charge in [0.05, 0.1) is 6.61 Å². The standard InChI is InChI=1S/C19H19F2NO2/c1-2-3-10-24-18-6-4-14(5-7-18)19(23)8-9-22-17-12-15(20)11-16(21)13-17/h4-9,11-13,22H,2-3,10H2,1H3. The summed E-state index contributed by atoms with van der Waals surface area (Å²) in [5.41, 5.74) is 0.734. The number of nitrogens with one attached hydrogen (secondary N) is 1. The fourth-order valence-electron chi connectivity index (χ4n) is 2.00. The first-order valence-electron chi connectivity index (χ1n) is 7.75. The van der Waals surface area contributed by atoms with E-state index in [0.717, 1.165) is 36.8 Å². The number of carbonyl (C=O) groups excluding carboxylic acids is 1. The van der Waals surface area contributed by atoms with Crippen LogP contribution in [0.3, 0.4) is 0 Å². The average Bonchev–Trinajstić information content (AvgIpc) is 2.55. The largest absolute Gasteiger partial charge is 0.494 e. The molecular formula is C19H19F2NO2. The molecule has 0 aliphatic heterocycles. The van der Waals surface area contributed by atoms with Crippen molar-refractivity contribution >= 4 is 11.5 Å². The van der Waals surface area contributed by atoms with Crippen molar-refractivity contribution in [1.82, 2.24) is 0 Å². The summed E-state index contributed by atoms with van der Waals surface area (Å²) in [5.74, 6) is -0.872. The van der Waals surface area contributed by atoms with Crippen LogP contribution in [-0.2, 0) is 0 Å². The van der Waals surface area contributed by atoms with Crippen LogP contribution in [0.5, 0.6) is 5.75 Å². The molecule has 2 aromatic carbocycles. The molecule has 0 heterocycles. The third-order valence-corrected chi connectivity index (χ3v) is 3.25. The lowest BCUT2D eigenvalue weighted by molar-refractivity contribution is 0.104. The first-order chi connectivity index (χ1) is 11.6. The molecule has 0 unspecified atom stereocenters. The fraction of sp³-hybridized carbons (Fsp3) is 0.211. The number of hydrogen-bond acceptors (Lipinski definition) is 3. The highest BCUT2D eigenvalue weighted by Crippen LogP contribution is 2.15. The van der Waals surface area contributed by atoms with Gasteiger partial charge in [-0.05, 0) is 42.8 Å². The summed E-state index contributed by atoms with van der Waals surface area (Å²) in [6, 6.07) is 9.90. The summed E-state index contributed by atoms with van der Waals surface area (Å²) in [7, 11) is 0. The number of carbonyl (C=O) groups is 1. The second-order valence-corrected chi connectivity index (χ2v) is 5.23. The minimum atomic E-state index is -0.684. The molecule has 5 heteroatoms. The van der Waals surface area contributed by atoms with Crippen molar-refractivity contribution in [3.63, 3.8) is 0 Å². The normalized spacial score (nSPS) is 10.8. The number of ether oxygens (including phenoxy) is 1. The lowest BCUT2D eigenvalue weighted by atomic mass is 10.1. The van der Waals surface area contributed by atoms with Crippen LogP contribution in [0.2, 0.25) is 0 Å². The van der Waals surface area contributed by atoms with E-state index in [9.17, 15) is 13.6 Å². The van der Waals surface area contributed by atoms with Crippen molar-refractivity contribution in [2.45, 2.75) is 19.8 Å². The minimum Gasteiger partial charge on any atom is -0.494 e. The number of anilines is 1. The highest BCUT2D eigenvalue weighted by molar-refractivity contribution is 6.04. The van der Waals surface area contributed by atoms with E-state index in [-0.39, 0.29) is 11.5 Å². The van der Waals surface area contributed by atoms with Gasteiger partial charge in [-0.1, -0.05) is 13.3 Å². The summed E-state index contributed by atoms with van der Waals surface area (Å²) in [4.78, 5) is 12.0. The van der Waals surface area contributed by atoms with Crippen molar-refractivity contribution in [2.75, 3.05) is 11.9 Å². The van der Waals surface area contributed by atoms with Gasteiger partial charge in [-0.3, -0.25) is 4.79 Å². The molecule has 2 aromatic rings. The molecule has 24 heavy (non-hydrogen) atoms. The third kappa shape index (κ3) is 5.50. The zero-order valence-corrected chi connectivity index (χ0v) is 13.4. The maximum Gasteiger partial charge on any atom is 0.187 e. The molecule has 0 aromatic heterocycles. The van der Waals surface area contributed by atoms with Crippen LogP contribution in [0.15, 0.2) is 54.7 Å². The molecule has 3 nitrogen and oxygen atoms in total. The van der Waals surface area contributed by atoms with Gasteiger partial charge in [-0.2, -0.15) is 0 Å². The maximum absolute atomic E-state index is 13.0. The average molecular weight is 331 g/mol. The Balaban J connectivity index is 1.91. The smallest absolute Gasteiger partial charge is 0.187 e. The SMILES string of the molecule is CCCCOc1ccc(C(=O)C=CNc2cc(F)cc(F)c2)cc1. The van der Waals surface area contributed by atoms with Crippen LogP contribution in [-0.4, -0.2) is 12.4 Å². The van der Waals surface area contributed by atoms with E-state index in [1.807, 2.05) is 0 Å². The predicted molar refractivity (Wildman–Crippen MR) is 90.3 cm³/mol. The van der Waals surface area contributed by atoms with Crippen molar-refractivity contribution in [1.29, 1.82) is 0 Å². The minimum absolute atomic E-state index is 0.223. The highest BCUT2D eigenvalue weighted by Gasteiger charge is 2.03. The van der Waals surface area contributed by atoms with Gasteiger partial charge in [0.25, 0.3) is 0 Å². The number of ketones is 1. The Kier molecular flexibility index (Phi) is 6.49. The molecule has 0 aliphatic carbocycles. The van der Waals surface area contributed by atoms with Crippen molar-refractivity contribution < 1.29 is 18.3 Å². The van der Waals surface area contributed by atoms with Crippen molar-refractivity contribution in [3.8, 4) is 5.75 Å². The summed E-state index contributed by atoms with van der Waals surface area (Å²) < 4.78 is 31.6. The molecule has 1 N–H and O–H groups in total. The van der Waals surface area contributed by atoms with Gasteiger partial charge >= 0.3 is 0 Å². The van der Waals surface area contributed by atoms with Gasteiger partial charge in [-0.25, -0.2) is 8.78 Å². The quantitative estimate of drug-likeness (QED) is 0.422. The second-order valence-electron chi connectivity index (χ2n) is 5.23. The molecule has 0 atom stereocenters. The van der Waals surface area contributed by atoms with Gasteiger partial charge in [0, 0.05) is 29.6 Å². The monoisotopic (exact) mass is 331 g/mol. The molecule has 0 saturated heterocycles. The van der Waals surface area contributed by atoms with Crippen LogP contribution < -0.4 is 10.1 Å². The Hall–Kier alpha value is -2.69. The Labute approximate surface area is 140 Å². The van der Waals surface area contributed by atoms with Crippen molar-refractivity contribution in [2.24, 2.45) is 0 Å². The molecule has 0 aliphatic rings. The van der Waals surface area contributed by atoms with Gasteiger partial charge in [0.15, 0.2) is 5.78 Å². The van der Waals surface area contributed by atoms with Crippen molar-refractivity contribution in [3.05, 3.63) is 71.9 Å². The van der Waals surface area contributed by atoms with Gasteiger partial charge in [0.1, 0.15) is 17.4 Å². The topological polar surface area (TPSA) is 38.3 Å². The van der Waals surface area contributed by atoms with E-state index in [1.54, 1.807) is 24.3 Å². The molecule has 126 valence electrons. The van der Waals surface area contributed by atoms with E-state index < -0.39 is 11.6 Å². The van der Waals surface area contributed by atoms with Gasteiger partial charge in [-0.15, -0.1) is 0 Å². The molecule has 0 saturated carbocycles. The second kappa shape index (κ2) is 8.82. The number of hydrogen-bond donors (Lipinski definition) is 1. The molecule has 0 bridgehead atoms. The molecule has 0 spiro atoms. The summed E-state index contributed by atoms with van der Waals surface area (Å²) >= 11 is 0. The fourth-order valence-corrected chi connectivity index (χ4v) is 2.00. The zero-order valence-electron chi connectivity index (χ0n) is 13.4. The predicted octanol–water partition coefficient (Wildman–Crippen LogP) is 4.95. The first-order valence-corrected chi connectivity index (χ1v) is 7.75. The van der Waals surface area contributed by atoms with E-state index in [0.29, 0.717) is 12.2 Å². The number of allylic oxidation sites excluding steroid dienone is 1. The third-order valence-electron chi connectivity index (χ3n) is 3.25. The molecule has 0 amide bonds. The van der Waals surface area contributed by atoms with Gasteiger partial charge < -0.3 is 10.1 Å². The number of rotatable bonds is 8. The van der Waals surface area contributed by atoms with Crippen LogP contribution in [0.25, 0.3) is 0 Å².